The van der Waals surface area contributed by atoms with E-state index in [-0.39, 0.29) is 6.04 Å². The van der Waals surface area contributed by atoms with Crippen molar-refractivity contribution in [2.75, 3.05) is 14.2 Å². The van der Waals surface area contributed by atoms with Crippen molar-refractivity contribution in [2.24, 2.45) is 12.8 Å². The molecule has 2 N–H and O–H groups in total. The van der Waals surface area contributed by atoms with Crippen LogP contribution >= 0.6 is 0 Å². The van der Waals surface area contributed by atoms with Gasteiger partial charge in [-0.15, -0.1) is 10.2 Å². The second kappa shape index (κ2) is 5.66. The van der Waals surface area contributed by atoms with E-state index in [9.17, 15) is 0 Å². The summed E-state index contributed by atoms with van der Waals surface area (Å²) in [4.78, 5) is 1.41. The molecule has 1 heterocycles. The van der Waals surface area contributed by atoms with Crippen LogP contribution in [0.5, 0.6) is 11.5 Å². The summed E-state index contributed by atoms with van der Waals surface area (Å²) in [6, 6.07) is 5.32. The summed E-state index contributed by atoms with van der Waals surface area (Å²) >= 11 is 0. The van der Waals surface area contributed by atoms with E-state index in [2.05, 4.69) is 15.4 Å². The highest BCUT2D eigenvalue weighted by molar-refractivity contribution is 5.39. The van der Waals surface area contributed by atoms with Crippen molar-refractivity contribution >= 4 is 0 Å². The number of tetrazole rings is 1. The van der Waals surface area contributed by atoms with Crippen molar-refractivity contribution in [3.05, 3.63) is 29.6 Å². The number of hydrogen-bond acceptors (Lipinski definition) is 6. The second-order valence-electron chi connectivity index (χ2n) is 4.15. The lowest BCUT2D eigenvalue weighted by molar-refractivity contribution is 0.392. The van der Waals surface area contributed by atoms with Gasteiger partial charge in [0.2, 0.25) is 0 Å². The summed E-state index contributed by atoms with van der Waals surface area (Å²) in [6.07, 6.45) is 0.504. The van der Waals surface area contributed by atoms with Gasteiger partial charge in [-0.05, 0) is 22.9 Å². The van der Waals surface area contributed by atoms with Gasteiger partial charge in [0.1, 0.15) is 11.5 Å². The average Bonchev–Trinajstić information content (AvgIpc) is 2.83. The highest BCUT2D eigenvalue weighted by atomic mass is 16.5. The number of methoxy groups -OCH3 is 2. The lowest BCUT2D eigenvalue weighted by atomic mass is 10.0. The number of aryl methyl sites for hydroxylation is 1. The van der Waals surface area contributed by atoms with Crippen LogP contribution in [-0.2, 0) is 13.5 Å². The largest absolute Gasteiger partial charge is 0.497 e. The first-order valence-corrected chi connectivity index (χ1v) is 5.84. The molecular formula is C12H17N5O2. The molecule has 0 saturated carbocycles. The molecule has 102 valence electrons. The van der Waals surface area contributed by atoms with E-state index >= 15 is 0 Å². The van der Waals surface area contributed by atoms with Gasteiger partial charge >= 0.3 is 0 Å². The zero-order valence-electron chi connectivity index (χ0n) is 11.2. The Labute approximate surface area is 111 Å². The van der Waals surface area contributed by atoms with Gasteiger partial charge in [0.15, 0.2) is 5.82 Å². The molecule has 1 atom stereocenters. The number of nitrogens with two attached hydrogens (primary N) is 1. The molecule has 1 aromatic carbocycles. The normalized spacial score (nSPS) is 12.2. The molecule has 19 heavy (non-hydrogen) atoms. The average molecular weight is 263 g/mol. The van der Waals surface area contributed by atoms with E-state index in [1.807, 2.05) is 12.1 Å². The maximum absolute atomic E-state index is 6.16. The number of hydrogen-bond donors (Lipinski definition) is 1. The molecule has 2 aromatic rings. The molecule has 0 amide bonds. The van der Waals surface area contributed by atoms with Crippen LogP contribution in [0.25, 0.3) is 0 Å². The lowest BCUT2D eigenvalue weighted by Crippen LogP contribution is -2.14. The highest BCUT2D eigenvalue weighted by Gasteiger charge is 2.13. The van der Waals surface area contributed by atoms with Crippen LogP contribution in [0.3, 0.4) is 0 Å². The Morgan fingerprint density at radius 3 is 2.32 bits per heavy atom. The van der Waals surface area contributed by atoms with Crippen molar-refractivity contribution in [1.29, 1.82) is 0 Å². The van der Waals surface area contributed by atoms with E-state index in [1.165, 1.54) is 4.80 Å². The first-order chi connectivity index (χ1) is 9.12. The quantitative estimate of drug-likeness (QED) is 0.843. The summed E-state index contributed by atoms with van der Waals surface area (Å²) in [5.74, 6) is 2.02. The monoisotopic (exact) mass is 263 g/mol. The fourth-order valence-electron chi connectivity index (χ4n) is 1.76. The van der Waals surface area contributed by atoms with E-state index < -0.39 is 0 Å². The first kappa shape index (κ1) is 13.3. The maximum atomic E-state index is 6.16. The lowest BCUT2D eigenvalue weighted by Gasteiger charge is -2.13. The Morgan fingerprint density at radius 2 is 1.84 bits per heavy atom. The Kier molecular flexibility index (Phi) is 3.96. The molecular weight excluding hydrogens is 246 g/mol. The minimum absolute atomic E-state index is 0.242. The molecule has 1 unspecified atom stereocenters. The molecule has 0 bridgehead atoms. The first-order valence-electron chi connectivity index (χ1n) is 5.84. The fraction of sp³-hybridized carbons (Fsp3) is 0.417. The Bertz CT molecular complexity index is 533. The molecule has 0 aliphatic carbocycles. The van der Waals surface area contributed by atoms with Gasteiger partial charge in [-0.2, -0.15) is 4.80 Å². The van der Waals surface area contributed by atoms with E-state index in [0.717, 1.165) is 5.56 Å². The smallest absolute Gasteiger partial charge is 0.176 e. The van der Waals surface area contributed by atoms with Crippen LogP contribution in [0.15, 0.2) is 18.2 Å². The molecule has 0 spiro atoms. The highest BCUT2D eigenvalue weighted by Crippen LogP contribution is 2.26. The van der Waals surface area contributed by atoms with Crippen LogP contribution in [0.2, 0.25) is 0 Å². The van der Waals surface area contributed by atoms with Crippen molar-refractivity contribution < 1.29 is 9.47 Å². The zero-order chi connectivity index (χ0) is 13.8. The molecule has 1 aromatic heterocycles. The standard InChI is InChI=1S/C12H17N5O2/c1-17-15-12(14-16-17)7-11(13)8-4-9(18-2)6-10(5-8)19-3/h4-6,11H,7,13H2,1-3H3. The van der Waals surface area contributed by atoms with Crippen LogP contribution < -0.4 is 15.2 Å². The maximum Gasteiger partial charge on any atom is 0.176 e. The van der Waals surface area contributed by atoms with Crippen LogP contribution in [-0.4, -0.2) is 34.4 Å². The van der Waals surface area contributed by atoms with Gasteiger partial charge < -0.3 is 15.2 Å². The number of ether oxygens (including phenoxy) is 2. The number of benzene rings is 1. The molecule has 0 saturated heterocycles. The summed E-state index contributed by atoms with van der Waals surface area (Å²) in [5.41, 5.74) is 7.06. The van der Waals surface area contributed by atoms with E-state index in [0.29, 0.717) is 23.7 Å². The summed E-state index contributed by atoms with van der Waals surface area (Å²) < 4.78 is 10.4. The van der Waals surface area contributed by atoms with Crippen LogP contribution in [0.4, 0.5) is 0 Å². The van der Waals surface area contributed by atoms with Gasteiger partial charge in [-0.25, -0.2) is 0 Å². The predicted molar refractivity (Wildman–Crippen MR) is 69.0 cm³/mol. The number of aromatic nitrogens is 4. The number of rotatable bonds is 5. The van der Waals surface area contributed by atoms with Crippen LogP contribution in [0.1, 0.15) is 17.4 Å². The van der Waals surface area contributed by atoms with E-state index in [1.54, 1.807) is 27.3 Å². The van der Waals surface area contributed by atoms with Gasteiger partial charge in [-0.1, -0.05) is 0 Å². The zero-order valence-corrected chi connectivity index (χ0v) is 11.2. The van der Waals surface area contributed by atoms with Crippen molar-refractivity contribution in [1.82, 2.24) is 20.2 Å². The minimum Gasteiger partial charge on any atom is -0.497 e. The fourth-order valence-corrected chi connectivity index (χ4v) is 1.76. The van der Waals surface area contributed by atoms with Crippen molar-refractivity contribution in [3.8, 4) is 11.5 Å². The molecule has 2 rings (SSSR count). The van der Waals surface area contributed by atoms with Gasteiger partial charge in [0.05, 0.1) is 21.3 Å². The third-order valence-corrected chi connectivity index (χ3v) is 2.75. The van der Waals surface area contributed by atoms with Gasteiger partial charge in [0.25, 0.3) is 0 Å². The second-order valence-corrected chi connectivity index (χ2v) is 4.15. The Morgan fingerprint density at radius 1 is 1.21 bits per heavy atom. The predicted octanol–water partition coefficient (Wildman–Crippen LogP) is 0.470. The molecule has 0 fully saturated rings. The summed E-state index contributed by atoms with van der Waals surface area (Å²) in [6.45, 7) is 0. The minimum atomic E-state index is -0.242. The third-order valence-electron chi connectivity index (χ3n) is 2.75. The molecule has 0 aliphatic heterocycles. The van der Waals surface area contributed by atoms with Crippen LogP contribution in [0, 0.1) is 0 Å². The Balaban J connectivity index is 2.20. The van der Waals surface area contributed by atoms with Gasteiger partial charge in [0, 0.05) is 18.5 Å². The molecule has 0 radical (unpaired) electrons. The molecule has 7 nitrogen and oxygen atoms in total. The number of nitrogens with zero attached hydrogens (tertiary/aromatic N) is 4. The molecule has 0 aliphatic rings. The van der Waals surface area contributed by atoms with Crippen molar-refractivity contribution in [3.63, 3.8) is 0 Å². The van der Waals surface area contributed by atoms with E-state index in [4.69, 9.17) is 15.2 Å². The summed E-state index contributed by atoms with van der Waals surface area (Å²) in [5, 5.41) is 11.8. The third kappa shape index (κ3) is 3.19. The SMILES string of the molecule is COc1cc(OC)cc(C(N)Cc2nnn(C)n2)c1. The van der Waals surface area contributed by atoms with Gasteiger partial charge in [-0.3, -0.25) is 0 Å². The summed E-state index contributed by atoms with van der Waals surface area (Å²) in [7, 11) is 4.93. The van der Waals surface area contributed by atoms with Crippen molar-refractivity contribution in [2.45, 2.75) is 12.5 Å². The molecule has 7 heteroatoms. The Hall–Kier alpha value is -2.15. The topological polar surface area (TPSA) is 88.1 Å².